The Labute approximate surface area is 68.2 Å². The van der Waals surface area contributed by atoms with Crippen molar-refractivity contribution < 1.29 is 0 Å². The predicted molar refractivity (Wildman–Crippen MR) is 47.9 cm³/mol. The van der Waals surface area contributed by atoms with Gasteiger partial charge in [0.25, 0.3) is 0 Å². The molecule has 1 heteroatoms. The van der Waals surface area contributed by atoms with Crippen molar-refractivity contribution in [2.75, 3.05) is 0 Å². The monoisotopic (exact) mass is 148 g/mol. The maximum absolute atomic E-state index is 5.27. The fourth-order valence-electron chi connectivity index (χ4n) is 1.07. The molecule has 0 heterocycles. The fraction of sp³-hybridized carbons (Fsp3) is 0.300. The highest BCUT2D eigenvalue weighted by Gasteiger charge is 1.89. The van der Waals surface area contributed by atoms with Gasteiger partial charge in [-0.05, 0) is 24.8 Å². The van der Waals surface area contributed by atoms with Gasteiger partial charge in [-0.3, -0.25) is 0 Å². The lowest BCUT2D eigenvalue weighted by molar-refractivity contribution is 0.800. The molecule has 0 unspecified atom stereocenters. The molecule has 0 atom stereocenters. The van der Waals surface area contributed by atoms with Crippen LogP contribution in [0.5, 0.6) is 0 Å². The lowest BCUT2D eigenvalue weighted by Crippen LogP contribution is -1.91. The van der Waals surface area contributed by atoms with Gasteiger partial charge in [-0.1, -0.05) is 30.3 Å². The first-order valence-corrected chi connectivity index (χ1v) is 4.01. The van der Waals surface area contributed by atoms with Crippen molar-refractivity contribution >= 4 is 0 Å². The molecule has 0 fully saturated rings. The lowest BCUT2D eigenvalue weighted by Gasteiger charge is -1.98. The van der Waals surface area contributed by atoms with Crippen LogP contribution in [0.2, 0.25) is 0 Å². The Kier molecular flexibility index (Phi) is 3.70. The summed E-state index contributed by atoms with van der Waals surface area (Å²) in [5.41, 5.74) is 6.67. The second kappa shape index (κ2) is 4.91. The molecule has 0 aliphatic heterocycles. The maximum atomic E-state index is 5.27. The van der Waals surface area contributed by atoms with Crippen LogP contribution in [0.1, 0.15) is 18.4 Å². The minimum atomic E-state index is 1.01. The van der Waals surface area contributed by atoms with E-state index in [-0.39, 0.29) is 0 Å². The molecular formula is C10H14N. The quantitative estimate of drug-likeness (QED) is 0.650. The van der Waals surface area contributed by atoms with E-state index in [4.69, 9.17) is 5.73 Å². The standard InChI is InChI=1S/C10H14N/c11-9-5-4-8-10-6-2-1-3-7-10/h1-3,6-7,9H,4-5,8,11H2. The summed E-state index contributed by atoms with van der Waals surface area (Å²) >= 11 is 0. The average molecular weight is 148 g/mol. The molecule has 2 N–H and O–H groups in total. The molecule has 1 nitrogen and oxygen atoms in total. The number of unbranched alkanes of at least 4 members (excludes halogenated alkanes) is 1. The van der Waals surface area contributed by atoms with E-state index in [0.29, 0.717) is 0 Å². The number of benzene rings is 1. The van der Waals surface area contributed by atoms with Crippen LogP contribution in [-0.2, 0) is 6.42 Å². The SMILES string of the molecule is N[CH]CCCc1ccccc1. The first-order valence-electron chi connectivity index (χ1n) is 4.01. The van der Waals surface area contributed by atoms with E-state index >= 15 is 0 Å². The third kappa shape index (κ3) is 3.19. The van der Waals surface area contributed by atoms with Gasteiger partial charge in [0.2, 0.25) is 0 Å². The summed E-state index contributed by atoms with van der Waals surface area (Å²) in [4.78, 5) is 0. The van der Waals surface area contributed by atoms with E-state index in [1.807, 2.05) is 6.07 Å². The molecule has 0 spiro atoms. The molecule has 1 aromatic rings. The van der Waals surface area contributed by atoms with Crippen LogP contribution in [0.3, 0.4) is 0 Å². The third-order valence-electron chi connectivity index (χ3n) is 1.68. The van der Waals surface area contributed by atoms with Crippen molar-refractivity contribution in [3.05, 3.63) is 42.4 Å². The van der Waals surface area contributed by atoms with Crippen LogP contribution < -0.4 is 5.73 Å². The Morgan fingerprint density at radius 1 is 1.18 bits per heavy atom. The van der Waals surface area contributed by atoms with Crippen molar-refractivity contribution in [1.29, 1.82) is 0 Å². The zero-order valence-corrected chi connectivity index (χ0v) is 6.66. The van der Waals surface area contributed by atoms with Gasteiger partial charge in [-0.25, -0.2) is 0 Å². The molecular weight excluding hydrogens is 134 g/mol. The van der Waals surface area contributed by atoms with Gasteiger partial charge in [0, 0.05) is 6.54 Å². The van der Waals surface area contributed by atoms with Gasteiger partial charge < -0.3 is 5.73 Å². The molecule has 0 aromatic heterocycles. The minimum absolute atomic E-state index is 1.01. The van der Waals surface area contributed by atoms with E-state index in [0.717, 1.165) is 19.3 Å². The molecule has 0 saturated heterocycles. The zero-order chi connectivity index (χ0) is 7.94. The minimum Gasteiger partial charge on any atom is -0.326 e. The third-order valence-corrected chi connectivity index (χ3v) is 1.68. The van der Waals surface area contributed by atoms with Crippen LogP contribution in [0.15, 0.2) is 30.3 Å². The number of hydrogen-bond donors (Lipinski definition) is 1. The molecule has 1 aromatic carbocycles. The Morgan fingerprint density at radius 2 is 1.91 bits per heavy atom. The summed E-state index contributed by atoms with van der Waals surface area (Å²) in [6.07, 6.45) is 3.30. The van der Waals surface area contributed by atoms with E-state index in [1.165, 1.54) is 5.56 Å². The summed E-state index contributed by atoms with van der Waals surface area (Å²) in [6.45, 7) is 1.73. The highest BCUT2D eigenvalue weighted by molar-refractivity contribution is 5.14. The molecule has 11 heavy (non-hydrogen) atoms. The fourth-order valence-corrected chi connectivity index (χ4v) is 1.07. The van der Waals surface area contributed by atoms with Crippen molar-refractivity contribution in [1.82, 2.24) is 0 Å². The second-order valence-electron chi connectivity index (χ2n) is 2.61. The molecule has 0 saturated carbocycles. The van der Waals surface area contributed by atoms with Gasteiger partial charge in [0.05, 0.1) is 0 Å². The van der Waals surface area contributed by atoms with E-state index < -0.39 is 0 Å². The van der Waals surface area contributed by atoms with Gasteiger partial charge >= 0.3 is 0 Å². The number of rotatable bonds is 4. The van der Waals surface area contributed by atoms with Crippen LogP contribution >= 0.6 is 0 Å². The Morgan fingerprint density at radius 3 is 2.55 bits per heavy atom. The average Bonchev–Trinajstić information content (AvgIpc) is 2.07. The van der Waals surface area contributed by atoms with Crippen LogP contribution in [0.4, 0.5) is 0 Å². The summed E-state index contributed by atoms with van der Waals surface area (Å²) in [6, 6.07) is 10.5. The summed E-state index contributed by atoms with van der Waals surface area (Å²) in [7, 11) is 0. The van der Waals surface area contributed by atoms with Crippen LogP contribution in [0, 0.1) is 6.54 Å². The molecule has 1 radical (unpaired) electrons. The first-order chi connectivity index (χ1) is 5.43. The summed E-state index contributed by atoms with van der Waals surface area (Å²) < 4.78 is 0. The molecule has 59 valence electrons. The van der Waals surface area contributed by atoms with Crippen molar-refractivity contribution in [3.63, 3.8) is 0 Å². The predicted octanol–water partition coefficient (Wildman–Crippen LogP) is 2.13. The number of hydrogen-bond acceptors (Lipinski definition) is 1. The summed E-state index contributed by atoms with van der Waals surface area (Å²) in [5.74, 6) is 0. The normalized spacial score (nSPS) is 9.91. The Hall–Kier alpha value is -0.820. The number of aryl methyl sites for hydroxylation is 1. The van der Waals surface area contributed by atoms with Crippen molar-refractivity contribution in [2.24, 2.45) is 5.73 Å². The molecule has 0 aliphatic carbocycles. The second-order valence-corrected chi connectivity index (χ2v) is 2.61. The van der Waals surface area contributed by atoms with Gasteiger partial charge in [-0.15, -0.1) is 0 Å². The van der Waals surface area contributed by atoms with Gasteiger partial charge in [0.1, 0.15) is 0 Å². The van der Waals surface area contributed by atoms with Crippen LogP contribution in [-0.4, -0.2) is 0 Å². The zero-order valence-electron chi connectivity index (χ0n) is 6.66. The maximum Gasteiger partial charge on any atom is 0.0192 e. The first kappa shape index (κ1) is 8.28. The van der Waals surface area contributed by atoms with Crippen molar-refractivity contribution in [2.45, 2.75) is 19.3 Å². The van der Waals surface area contributed by atoms with Gasteiger partial charge in [0.15, 0.2) is 0 Å². The van der Waals surface area contributed by atoms with E-state index in [2.05, 4.69) is 24.3 Å². The largest absolute Gasteiger partial charge is 0.326 e. The smallest absolute Gasteiger partial charge is 0.0192 e. The molecule has 0 amide bonds. The van der Waals surface area contributed by atoms with Crippen molar-refractivity contribution in [3.8, 4) is 0 Å². The highest BCUT2D eigenvalue weighted by atomic mass is 14.5. The van der Waals surface area contributed by atoms with Crippen LogP contribution in [0.25, 0.3) is 0 Å². The molecule has 0 bridgehead atoms. The summed E-state index contributed by atoms with van der Waals surface area (Å²) in [5, 5.41) is 0. The topological polar surface area (TPSA) is 26.0 Å². The highest BCUT2D eigenvalue weighted by Crippen LogP contribution is 2.03. The Bertz CT molecular complexity index is 181. The van der Waals surface area contributed by atoms with Gasteiger partial charge in [-0.2, -0.15) is 0 Å². The molecule has 1 rings (SSSR count). The molecule has 0 aliphatic rings. The Balaban J connectivity index is 2.28. The van der Waals surface area contributed by atoms with E-state index in [9.17, 15) is 0 Å². The lowest BCUT2D eigenvalue weighted by atomic mass is 10.1. The number of nitrogens with two attached hydrogens (primary N) is 1. The van der Waals surface area contributed by atoms with E-state index in [1.54, 1.807) is 6.54 Å².